The first-order valence-electron chi connectivity index (χ1n) is 12.3. The summed E-state index contributed by atoms with van der Waals surface area (Å²) in [5, 5.41) is 0. The van der Waals surface area contributed by atoms with E-state index in [0.717, 1.165) is 32.4 Å². The van der Waals surface area contributed by atoms with Crippen LogP contribution in [0.15, 0.2) is 24.3 Å². The minimum absolute atomic E-state index is 0.0140. The fourth-order valence-corrected chi connectivity index (χ4v) is 4.98. The smallest absolute Gasteiger partial charge is 0.257 e. The maximum Gasteiger partial charge on any atom is 0.257 e. The molecule has 1 fully saturated rings. The molecular weight excluding hydrogens is 388 g/mol. The Morgan fingerprint density at radius 2 is 1.77 bits per heavy atom. The molecule has 3 rings (SSSR count). The summed E-state index contributed by atoms with van der Waals surface area (Å²) in [6.45, 7) is 8.98. The molecule has 0 spiro atoms. The van der Waals surface area contributed by atoms with E-state index in [1.165, 1.54) is 25.7 Å². The predicted molar refractivity (Wildman–Crippen MR) is 124 cm³/mol. The van der Waals surface area contributed by atoms with Crippen LogP contribution in [-0.2, 0) is 4.79 Å². The summed E-state index contributed by atoms with van der Waals surface area (Å²) >= 11 is 0. The van der Waals surface area contributed by atoms with Crippen molar-refractivity contribution in [1.29, 1.82) is 0 Å². The predicted octanol–water partition coefficient (Wildman–Crippen LogP) is 5.14. The third-order valence-electron chi connectivity index (χ3n) is 6.95. The molecule has 1 saturated carbocycles. The zero-order valence-corrected chi connectivity index (χ0v) is 19.6. The number of hydrogen-bond donors (Lipinski definition) is 0. The highest BCUT2D eigenvalue weighted by Gasteiger charge is 2.30. The van der Waals surface area contributed by atoms with Crippen LogP contribution in [0.2, 0.25) is 0 Å². The average Bonchev–Trinajstić information content (AvgIpc) is 3.27. The lowest BCUT2D eigenvalue weighted by atomic mass is 9.98. The Bertz CT molecular complexity index is 727. The Labute approximate surface area is 188 Å². The van der Waals surface area contributed by atoms with E-state index in [1.54, 1.807) is 0 Å². The van der Waals surface area contributed by atoms with Crippen LogP contribution in [0.4, 0.5) is 0 Å². The zero-order valence-electron chi connectivity index (χ0n) is 19.6. The SMILES string of the molecule is CCN1CCCCCN(C(=O)CC2CCCC2)[C@@H](C(C)C)COc2ccccc2C1=O. The van der Waals surface area contributed by atoms with Crippen molar-refractivity contribution >= 4 is 11.8 Å². The summed E-state index contributed by atoms with van der Waals surface area (Å²) in [6.07, 6.45) is 8.50. The summed E-state index contributed by atoms with van der Waals surface area (Å²) in [4.78, 5) is 30.5. The van der Waals surface area contributed by atoms with Gasteiger partial charge >= 0.3 is 0 Å². The van der Waals surface area contributed by atoms with Gasteiger partial charge < -0.3 is 14.5 Å². The molecule has 1 heterocycles. The molecule has 2 aliphatic rings. The van der Waals surface area contributed by atoms with Crippen LogP contribution in [0.25, 0.3) is 0 Å². The Hall–Kier alpha value is -2.04. The average molecular weight is 429 g/mol. The standard InChI is InChI=1S/C26H40N2O3/c1-4-27-16-10-5-11-17-28(25(29)18-21-12-6-7-13-21)23(20(2)3)19-31-24-15-9-8-14-22(24)26(27)30/h8-9,14-15,20-21,23H,4-7,10-13,16-19H2,1-3H3/t23-/m1/s1. The number of para-hydroxylation sites is 1. The van der Waals surface area contributed by atoms with Gasteiger partial charge in [-0.15, -0.1) is 0 Å². The summed E-state index contributed by atoms with van der Waals surface area (Å²) < 4.78 is 6.25. The fourth-order valence-electron chi connectivity index (χ4n) is 4.98. The van der Waals surface area contributed by atoms with E-state index in [4.69, 9.17) is 4.74 Å². The first-order valence-corrected chi connectivity index (χ1v) is 12.3. The number of ether oxygens (including phenoxy) is 1. The molecule has 31 heavy (non-hydrogen) atoms. The zero-order chi connectivity index (χ0) is 22.2. The van der Waals surface area contributed by atoms with E-state index in [1.807, 2.05) is 36.1 Å². The van der Waals surface area contributed by atoms with E-state index in [9.17, 15) is 9.59 Å². The Morgan fingerprint density at radius 1 is 1.06 bits per heavy atom. The van der Waals surface area contributed by atoms with Gasteiger partial charge in [0.25, 0.3) is 5.91 Å². The molecule has 1 aliphatic heterocycles. The molecule has 2 amide bonds. The second-order valence-electron chi connectivity index (χ2n) is 9.51. The molecule has 5 heteroatoms. The van der Waals surface area contributed by atoms with E-state index in [0.29, 0.717) is 36.8 Å². The normalized spacial score (nSPS) is 21.8. The van der Waals surface area contributed by atoms with Crippen molar-refractivity contribution in [2.45, 2.75) is 78.2 Å². The Balaban J connectivity index is 1.83. The van der Waals surface area contributed by atoms with Crippen LogP contribution >= 0.6 is 0 Å². The Kier molecular flexibility index (Phi) is 8.79. The van der Waals surface area contributed by atoms with Crippen molar-refractivity contribution in [3.63, 3.8) is 0 Å². The fraction of sp³-hybridized carbons (Fsp3) is 0.692. The highest BCUT2D eigenvalue weighted by atomic mass is 16.5. The van der Waals surface area contributed by atoms with Gasteiger partial charge in [-0.25, -0.2) is 0 Å². The minimum Gasteiger partial charge on any atom is -0.491 e. The van der Waals surface area contributed by atoms with Crippen molar-refractivity contribution in [2.24, 2.45) is 11.8 Å². The van der Waals surface area contributed by atoms with Crippen LogP contribution in [0, 0.1) is 11.8 Å². The lowest BCUT2D eigenvalue weighted by Crippen LogP contribution is -2.47. The molecule has 0 radical (unpaired) electrons. The van der Waals surface area contributed by atoms with Gasteiger partial charge in [-0.2, -0.15) is 0 Å². The number of benzene rings is 1. The monoisotopic (exact) mass is 428 g/mol. The van der Waals surface area contributed by atoms with Crippen LogP contribution in [0.1, 0.15) is 82.5 Å². The second-order valence-corrected chi connectivity index (χ2v) is 9.51. The molecule has 1 aliphatic carbocycles. The third kappa shape index (κ3) is 6.24. The Morgan fingerprint density at radius 3 is 2.48 bits per heavy atom. The number of nitrogens with zero attached hydrogens (tertiary/aromatic N) is 2. The van der Waals surface area contributed by atoms with E-state index in [-0.39, 0.29) is 23.8 Å². The van der Waals surface area contributed by atoms with Gasteiger partial charge in [-0.1, -0.05) is 38.8 Å². The molecule has 1 atom stereocenters. The first-order chi connectivity index (χ1) is 15.0. The van der Waals surface area contributed by atoms with Crippen LogP contribution in [0.3, 0.4) is 0 Å². The molecule has 0 aromatic heterocycles. The number of rotatable bonds is 4. The molecule has 0 unspecified atom stereocenters. The van der Waals surface area contributed by atoms with E-state index in [2.05, 4.69) is 18.7 Å². The summed E-state index contributed by atoms with van der Waals surface area (Å²) in [5.74, 6) is 1.77. The molecule has 0 saturated heterocycles. The maximum absolute atomic E-state index is 13.4. The van der Waals surface area contributed by atoms with E-state index < -0.39 is 0 Å². The number of carbonyl (C=O) groups excluding carboxylic acids is 2. The minimum atomic E-state index is 0.0140. The third-order valence-corrected chi connectivity index (χ3v) is 6.95. The van der Waals surface area contributed by atoms with E-state index >= 15 is 0 Å². The van der Waals surface area contributed by atoms with Crippen molar-refractivity contribution in [3.8, 4) is 5.75 Å². The maximum atomic E-state index is 13.4. The topological polar surface area (TPSA) is 49.9 Å². The number of hydrogen-bond acceptors (Lipinski definition) is 3. The van der Waals surface area contributed by atoms with Gasteiger partial charge in [0.1, 0.15) is 12.4 Å². The van der Waals surface area contributed by atoms with Crippen LogP contribution < -0.4 is 4.74 Å². The molecular formula is C26H40N2O3. The lowest BCUT2D eigenvalue weighted by Gasteiger charge is -2.35. The van der Waals surface area contributed by atoms with Crippen LogP contribution in [0.5, 0.6) is 5.75 Å². The molecule has 1 aromatic carbocycles. The molecule has 172 valence electrons. The van der Waals surface area contributed by atoms with Gasteiger partial charge in [-0.3, -0.25) is 9.59 Å². The van der Waals surface area contributed by atoms with Gasteiger partial charge in [0, 0.05) is 26.1 Å². The van der Waals surface area contributed by atoms with Crippen molar-refractivity contribution in [2.75, 3.05) is 26.2 Å². The highest BCUT2D eigenvalue weighted by Crippen LogP contribution is 2.29. The number of carbonyl (C=O) groups is 2. The van der Waals surface area contributed by atoms with Gasteiger partial charge in [0.2, 0.25) is 5.91 Å². The summed E-state index contributed by atoms with van der Waals surface area (Å²) in [7, 11) is 0. The number of fused-ring (bicyclic) bond motifs is 1. The second kappa shape index (κ2) is 11.5. The number of amides is 2. The summed E-state index contributed by atoms with van der Waals surface area (Å²) in [6, 6.07) is 7.55. The quantitative estimate of drug-likeness (QED) is 0.667. The van der Waals surface area contributed by atoms with Crippen molar-refractivity contribution < 1.29 is 14.3 Å². The van der Waals surface area contributed by atoms with Crippen molar-refractivity contribution in [3.05, 3.63) is 29.8 Å². The molecule has 0 N–H and O–H groups in total. The largest absolute Gasteiger partial charge is 0.491 e. The van der Waals surface area contributed by atoms with Gasteiger partial charge in [-0.05, 0) is 63.0 Å². The molecule has 5 nitrogen and oxygen atoms in total. The highest BCUT2D eigenvalue weighted by molar-refractivity contribution is 5.96. The van der Waals surface area contributed by atoms with Gasteiger partial charge in [0.15, 0.2) is 0 Å². The van der Waals surface area contributed by atoms with Gasteiger partial charge in [0.05, 0.1) is 11.6 Å². The first kappa shape index (κ1) is 23.6. The molecule has 1 aromatic rings. The summed E-state index contributed by atoms with van der Waals surface area (Å²) in [5.41, 5.74) is 0.620. The van der Waals surface area contributed by atoms with Crippen LogP contribution in [-0.4, -0.2) is 53.9 Å². The lowest BCUT2D eigenvalue weighted by molar-refractivity contribution is -0.136. The molecule has 0 bridgehead atoms. The van der Waals surface area contributed by atoms with Crippen molar-refractivity contribution in [1.82, 2.24) is 9.80 Å².